The molecule has 0 aliphatic heterocycles. The molecule has 110 valence electrons. The highest BCUT2D eigenvalue weighted by atomic mass is 32.2. The molecule has 0 fully saturated rings. The van der Waals surface area contributed by atoms with Crippen LogP contribution in [0.25, 0.3) is 0 Å². The summed E-state index contributed by atoms with van der Waals surface area (Å²) >= 11 is 0. The van der Waals surface area contributed by atoms with Gasteiger partial charge in [-0.1, -0.05) is 0 Å². The smallest absolute Gasteiger partial charge is 0.242 e. The van der Waals surface area contributed by atoms with Crippen molar-refractivity contribution in [3.63, 3.8) is 0 Å². The van der Waals surface area contributed by atoms with Crippen LogP contribution in [-0.2, 0) is 20.8 Å². The molecule has 6 nitrogen and oxygen atoms in total. The molecule has 0 saturated carbocycles. The molecule has 2 atom stereocenters. The zero-order valence-corrected chi connectivity index (χ0v) is 12.9. The first-order valence-corrected chi connectivity index (χ1v) is 9.09. The molecule has 1 aromatic carbocycles. The molecule has 1 aromatic rings. The third-order valence-electron chi connectivity index (χ3n) is 2.61. The molecule has 0 bridgehead atoms. The second-order valence-electron chi connectivity index (χ2n) is 4.46. The van der Waals surface area contributed by atoms with Crippen molar-refractivity contribution in [2.45, 2.75) is 24.3 Å². The third-order valence-corrected chi connectivity index (χ3v) is 5.07. The number of rotatable bonds is 6. The molecule has 3 N–H and O–H groups in total. The van der Waals surface area contributed by atoms with E-state index in [-0.39, 0.29) is 16.5 Å². The van der Waals surface area contributed by atoms with Crippen LogP contribution in [0.5, 0.6) is 0 Å². The van der Waals surface area contributed by atoms with Gasteiger partial charge in [0.05, 0.1) is 10.5 Å². The van der Waals surface area contributed by atoms with Gasteiger partial charge in [-0.15, -0.1) is 0 Å². The van der Waals surface area contributed by atoms with Crippen LogP contribution >= 0.6 is 0 Å². The zero-order valence-electron chi connectivity index (χ0n) is 11.3. The lowest BCUT2D eigenvalue weighted by Crippen LogP contribution is -2.34. The van der Waals surface area contributed by atoms with Crippen molar-refractivity contribution in [2.24, 2.45) is 0 Å². The molecule has 0 spiro atoms. The third kappa shape index (κ3) is 4.59. The first-order chi connectivity index (χ1) is 9.26. The molecular weight excluding hydrogens is 298 g/mol. The molecule has 0 amide bonds. The number of benzene rings is 1. The number of nitrogens with zero attached hydrogens (tertiary/aromatic N) is 1. The Morgan fingerprint density at radius 2 is 2.15 bits per heavy atom. The fraction of sp³-hybridized carbons (Fsp3) is 0.417. The largest absolute Gasteiger partial charge is 0.399 e. The molecule has 0 heterocycles. The van der Waals surface area contributed by atoms with Crippen molar-refractivity contribution in [3.05, 3.63) is 23.8 Å². The maximum Gasteiger partial charge on any atom is 0.242 e. The van der Waals surface area contributed by atoms with Gasteiger partial charge in [-0.2, -0.15) is 5.26 Å². The Labute approximate surface area is 121 Å². The van der Waals surface area contributed by atoms with Crippen LogP contribution in [0.2, 0.25) is 0 Å². The van der Waals surface area contributed by atoms with E-state index in [0.29, 0.717) is 17.9 Å². The van der Waals surface area contributed by atoms with Gasteiger partial charge in [0.25, 0.3) is 0 Å². The summed E-state index contributed by atoms with van der Waals surface area (Å²) in [5, 5.41) is 8.98. The van der Waals surface area contributed by atoms with Crippen LogP contribution < -0.4 is 10.5 Å². The summed E-state index contributed by atoms with van der Waals surface area (Å²) in [4.78, 5) is -0.0985. The van der Waals surface area contributed by atoms with Gasteiger partial charge in [-0.25, -0.2) is 13.1 Å². The lowest BCUT2D eigenvalue weighted by molar-refractivity contribution is 0.555. The van der Waals surface area contributed by atoms with Gasteiger partial charge < -0.3 is 5.73 Å². The highest BCUT2D eigenvalue weighted by Gasteiger charge is 2.21. The van der Waals surface area contributed by atoms with E-state index in [1.165, 1.54) is 18.2 Å². The minimum Gasteiger partial charge on any atom is -0.399 e. The minimum absolute atomic E-state index is 0.00349. The van der Waals surface area contributed by atoms with E-state index in [2.05, 4.69) is 4.72 Å². The summed E-state index contributed by atoms with van der Waals surface area (Å²) in [6, 6.07) is 5.51. The van der Waals surface area contributed by atoms with Crippen LogP contribution in [0, 0.1) is 11.3 Å². The summed E-state index contributed by atoms with van der Waals surface area (Å²) < 4.78 is 37.9. The van der Waals surface area contributed by atoms with E-state index in [9.17, 15) is 12.6 Å². The lowest BCUT2D eigenvalue weighted by atomic mass is 10.2. The van der Waals surface area contributed by atoms with Crippen LogP contribution in [0.4, 0.5) is 5.69 Å². The molecule has 0 aromatic heterocycles. The number of nitrogen functional groups attached to an aromatic ring is 1. The van der Waals surface area contributed by atoms with E-state index in [4.69, 9.17) is 11.0 Å². The van der Waals surface area contributed by atoms with Crippen LogP contribution in [0.3, 0.4) is 0 Å². The Kier molecular flexibility index (Phi) is 5.68. The number of hydrogen-bond acceptors (Lipinski definition) is 5. The number of hydrogen-bond donors (Lipinski definition) is 2. The lowest BCUT2D eigenvalue weighted by Gasteiger charge is -2.14. The molecule has 0 radical (unpaired) electrons. The van der Waals surface area contributed by atoms with Crippen molar-refractivity contribution in [2.75, 3.05) is 17.7 Å². The second kappa shape index (κ2) is 6.83. The molecule has 1 rings (SSSR count). The summed E-state index contributed by atoms with van der Waals surface area (Å²) in [7, 11) is -4.77. The highest BCUT2D eigenvalue weighted by molar-refractivity contribution is 7.89. The second-order valence-corrected chi connectivity index (χ2v) is 7.69. The van der Waals surface area contributed by atoms with Gasteiger partial charge in [0.2, 0.25) is 10.0 Å². The van der Waals surface area contributed by atoms with Crippen molar-refractivity contribution < 1.29 is 12.6 Å². The summed E-state index contributed by atoms with van der Waals surface area (Å²) in [5.41, 5.74) is 5.86. The van der Waals surface area contributed by atoms with Gasteiger partial charge in [-0.05, 0) is 31.5 Å². The maximum atomic E-state index is 12.2. The van der Waals surface area contributed by atoms with E-state index in [0.717, 1.165) is 0 Å². The maximum absolute atomic E-state index is 12.2. The Morgan fingerprint density at radius 3 is 2.70 bits per heavy atom. The van der Waals surface area contributed by atoms with E-state index >= 15 is 0 Å². The van der Waals surface area contributed by atoms with Gasteiger partial charge in [0, 0.05) is 34.5 Å². The number of nitrogens with one attached hydrogen (secondary N) is 1. The molecule has 0 aliphatic rings. The number of sulfonamides is 1. The van der Waals surface area contributed by atoms with E-state index in [1.807, 2.05) is 6.07 Å². The van der Waals surface area contributed by atoms with Crippen LogP contribution in [0.1, 0.15) is 18.9 Å². The normalized spacial score (nSPS) is 14.4. The number of nitriles is 1. The average Bonchev–Trinajstić information content (AvgIpc) is 2.35. The van der Waals surface area contributed by atoms with Gasteiger partial charge >= 0.3 is 0 Å². The van der Waals surface area contributed by atoms with Crippen LogP contribution in [0.15, 0.2) is 23.1 Å². The topological polar surface area (TPSA) is 113 Å². The van der Waals surface area contributed by atoms with Crippen molar-refractivity contribution in [1.82, 2.24) is 4.72 Å². The Morgan fingerprint density at radius 1 is 1.50 bits per heavy atom. The standard InChI is InChI=1S/C12H17N3O3S2/c1-9(5-6-19(2)16)15-20(17,18)12-4-3-11(14)7-10(12)8-13/h3-4,7,9,15H,5-6,14H2,1-2H3. The fourth-order valence-electron chi connectivity index (χ4n) is 1.60. The summed E-state index contributed by atoms with van der Waals surface area (Å²) in [6.07, 6.45) is 2.02. The quantitative estimate of drug-likeness (QED) is 0.745. The summed E-state index contributed by atoms with van der Waals surface area (Å²) in [5.74, 6) is 0.413. The van der Waals surface area contributed by atoms with Gasteiger partial charge in [-0.3, -0.25) is 4.21 Å². The predicted molar refractivity (Wildman–Crippen MR) is 78.9 cm³/mol. The number of anilines is 1. The monoisotopic (exact) mass is 315 g/mol. The van der Waals surface area contributed by atoms with E-state index < -0.39 is 20.8 Å². The fourth-order valence-corrected chi connectivity index (χ4v) is 3.70. The zero-order chi connectivity index (χ0) is 15.3. The molecule has 0 saturated heterocycles. The summed E-state index contributed by atoms with van der Waals surface area (Å²) in [6.45, 7) is 1.69. The average molecular weight is 315 g/mol. The molecular formula is C12H17N3O3S2. The molecule has 8 heteroatoms. The SMILES string of the molecule is CC(CCS(C)=O)NS(=O)(=O)c1ccc(N)cc1C#N. The van der Waals surface area contributed by atoms with E-state index in [1.54, 1.807) is 13.2 Å². The van der Waals surface area contributed by atoms with Gasteiger partial charge in [0.1, 0.15) is 6.07 Å². The highest BCUT2D eigenvalue weighted by Crippen LogP contribution is 2.18. The molecule has 2 unspecified atom stereocenters. The minimum atomic E-state index is -3.79. The van der Waals surface area contributed by atoms with Crippen molar-refractivity contribution in [1.29, 1.82) is 5.26 Å². The molecule has 0 aliphatic carbocycles. The first-order valence-electron chi connectivity index (χ1n) is 5.88. The first kappa shape index (κ1) is 16.6. The Hall–Kier alpha value is -1.43. The van der Waals surface area contributed by atoms with Crippen LogP contribution in [-0.4, -0.2) is 30.7 Å². The molecule has 20 heavy (non-hydrogen) atoms. The Balaban J connectivity index is 2.95. The van der Waals surface area contributed by atoms with Crippen molar-refractivity contribution in [3.8, 4) is 6.07 Å². The number of nitrogens with two attached hydrogens (primary N) is 1. The predicted octanol–water partition coefficient (Wildman–Crippen LogP) is 0.576. The van der Waals surface area contributed by atoms with Crippen molar-refractivity contribution >= 4 is 26.5 Å². The Bertz CT molecular complexity index is 650. The van der Waals surface area contributed by atoms with Gasteiger partial charge in [0.15, 0.2) is 0 Å².